The second kappa shape index (κ2) is 17.4. The molecule has 0 amide bonds. The highest BCUT2D eigenvalue weighted by Crippen LogP contribution is 2.47. The van der Waals surface area contributed by atoms with Crippen molar-refractivity contribution in [2.24, 2.45) is 0 Å². The first-order valence-electron chi connectivity index (χ1n) is 11.4. The monoisotopic (exact) mass is 420 g/mol. The fourth-order valence-electron chi connectivity index (χ4n) is 3.26. The Hall–Kier alpha value is 0.580. The molecule has 5 heteroatoms. The molecular weight excluding hydrogens is 376 g/mol. The molecule has 162 valence electrons. The number of aliphatic hydroxyl groups is 2. The van der Waals surface area contributed by atoms with E-state index in [2.05, 4.69) is 37.4 Å². The molecular formula is C22H44O3S2. The zero-order valence-electron chi connectivity index (χ0n) is 17.7. The minimum atomic E-state index is 0.283. The maximum absolute atomic E-state index is 8.30. The van der Waals surface area contributed by atoms with Gasteiger partial charge in [0.1, 0.15) is 0 Å². The van der Waals surface area contributed by atoms with Crippen molar-refractivity contribution >= 4 is 23.5 Å². The number of unbranched alkanes of at least 4 members (excludes halogenated alkanes) is 5. The Morgan fingerprint density at radius 1 is 0.593 bits per heavy atom. The highest BCUT2D eigenvalue weighted by molar-refractivity contribution is 8.07. The molecule has 0 radical (unpaired) electrons. The van der Waals surface area contributed by atoms with Crippen LogP contribution >= 0.6 is 23.5 Å². The molecule has 2 fully saturated rings. The van der Waals surface area contributed by atoms with Crippen LogP contribution in [0.1, 0.15) is 90.9 Å². The number of thioether (sulfide) groups is 2. The van der Waals surface area contributed by atoms with Crippen LogP contribution < -0.4 is 0 Å². The van der Waals surface area contributed by atoms with E-state index in [4.69, 9.17) is 14.9 Å². The third-order valence-corrected chi connectivity index (χ3v) is 8.25. The van der Waals surface area contributed by atoms with Gasteiger partial charge in [-0.15, -0.1) is 0 Å². The van der Waals surface area contributed by atoms with E-state index in [-0.39, 0.29) is 13.2 Å². The summed E-state index contributed by atoms with van der Waals surface area (Å²) in [5.41, 5.74) is 0. The number of rotatable bonds is 17. The lowest BCUT2D eigenvalue weighted by Crippen LogP contribution is -2.05. The van der Waals surface area contributed by atoms with E-state index in [1.807, 2.05) is 0 Å². The summed E-state index contributed by atoms with van der Waals surface area (Å²) in [5.74, 6) is 0. The fraction of sp³-hybridized carbons (Fsp3) is 1.00. The maximum Gasteiger partial charge on any atom is 0.0477 e. The van der Waals surface area contributed by atoms with Crippen LogP contribution in [0.25, 0.3) is 0 Å². The van der Waals surface area contributed by atoms with E-state index in [0.717, 1.165) is 59.9 Å². The van der Waals surface area contributed by atoms with Crippen molar-refractivity contribution in [3.8, 4) is 0 Å². The SMILES string of the molecule is CCCCC1SC1CCOCCC1SC1CCCC.OCCCCCCO. The zero-order valence-corrected chi connectivity index (χ0v) is 19.4. The van der Waals surface area contributed by atoms with Crippen LogP contribution in [-0.2, 0) is 4.74 Å². The summed E-state index contributed by atoms with van der Waals surface area (Å²) in [5, 5.41) is 20.4. The molecule has 4 unspecified atom stereocenters. The van der Waals surface area contributed by atoms with Crippen LogP contribution in [0.3, 0.4) is 0 Å². The normalized spacial score (nSPS) is 25.8. The van der Waals surface area contributed by atoms with Crippen LogP contribution in [0, 0.1) is 0 Å². The van der Waals surface area contributed by atoms with Gasteiger partial charge in [-0.2, -0.15) is 23.5 Å². The second-order valence-electron chi connectivity index (χ2n) is 7.76. The van der Waals surface area contributed by atoms with Gasteiger partial charge in [-0.25, -0.2) is 0 Å². The molecule has 0 spiro atoms. The Morgan fingerprint density at radius 2 is 1.00 bits per heavy atom. The first-order chi connectivity index (χ1) is 13.3. The van der Waals surface area contributed by atoms with Gasteiger partial charge in [0, 0.05) is 47.4 Å². The summed E-state index contributed by atoms with van der Waals surface area (Å²) >= 11 is 4.36. The third kappa shape index (κ3) is 14.2. The van der Waals surface area contributed by atoms with Gasteiger partial charge < -0.3 is 14.9 Å². The van der Waals surface area contributed by atoms with E-state index >= 15 is 0 Å². The largest absolute Gasteiger partial charge is 0.396 e. The predicted molar refractivity (Wildman–Crippen MR) is 122 cm³/mol. The second-order valence-corrected chi connectivity index (χ2v) is 10.7. The molecule has 2 heterocycles. The van der Waals surface area contributed by atoms with Crippen molar-refractivity contribution in [2.75, 3.05) is 26.4 Å². The zero-order chi connectivity index (χ0) is 19.7. The topological polar surface area (TPSA) is 49.7 Å². The Labute approximate surface area is 176 Å². The van der Waals surface area contributed by atoms with E-state index in [0.29, 0.717) is 0 Å². The Morgan fingerprint density at radius 3 is 1.37 bits per heavy atom. The molecule has 0 aliphatic carbocycles. The molecule has 0 saturated carbocycles. The van der Waals surface area contributed by atoms with Gasteiger partial charge in [-0.05, 0) is 38.5 Å². The molecule has 2 aliphatic rings. The quantitative estimate of drug-likeness (QED) is 0.235. The van der Waals surface area contributed by atoms with Crippen LogP contribution in [0.15, 0.2) is 0 Å². The van der Waals surface area contributed by atoms with E-state index < -0.39 is 0 Å². The van der Waals surface area contributed by atoms with Gasteiger partial charge in [0.25, 0.3) is 0 Å². The van der Waals surface area contributed by atoms with E-state index in [9.17, 15) is 0 Å². The van der Waals surface area contributed by atoms with Crippen LogP contribution in [0.4, 0.5) is 0 Å². The van der Waals surface area contributed by atoms with Crippen molar-refractivity contribution in [1.82, 2.24) is 0 Å². The molecule has 2 rings (SSSR count). The molecule has 3 nitrogen and oxygen atoms in total. The molecule has 27 heavy (non-hydrogen) atoms. The van der Waals surface area contributed by atoms with E-state index in [1.54, 1.807) is 0 Å². The molecule has 2 saturated heterocycles. The molecule has 4 atom stereocenters. The smallest absolute Gasteiger partial charge is 0.0477 e. The van der Waals surface area contributed by atoms with Gasteiger partial charge in [-0.1, -0.05) is 52.4 Å². The standard InChI is InChI=1S/C16H30OS2.C6H14O2/c1-3-5-7-13-15(18-13)9-11-17-12-10-16-14(19-16)8-6-4-2;7-5-3-1-2-4-6-8/h13-16H,3-12H2,1-2H3;7-8H,1-6H2. The highest BCUT2D eigenvalue weighted by atomic mass is 32.2. The maximum atomic E-state index is 8.30. The number of hydrogen-bond donors (Lipinski definition) is 2. The summed E-state index contributed by atoms with van der Waals surface area (Å²) in [6.45, 7) is 7.13. The van der Waals surface area contributed by atoms with Gasteiger partial charge in [0.05, 0.1) is 0 Å². The lowest BCUT2D eigenvalue weighted by molar-refractivity contribution is 0.131. The number of aliphatic hydroxyl groups excluding tert-OH is 2. The molecule has 0 aromatic carbocycles. The number of hydrogen-bond acceptors (Lipinski definition) is 5. The first kappa shape index (κ1) is 25.6. The summed E-state index contributed by atoms with van der Waals surface area (Å²) < 4.78 is 5.81. The van der Waals surface area contributed by atoms with Crippen molar-refractivity contribution in [2.45, 2.75) is 112 Å². The first-order valence-corrected chi connectivity index (χ1v) is 13.3. The van der Waals surface area contributed by atoms with Gasteiger partial charge in [0.2, 0.25) is 0 Å². The minimum absolute atomic E-state index is 0.283. The molecule has 0 aromatic heterocycles. The Balaban J connectivity index is 0.000000387. The summed E-state index contributed by atoms with van der Waals surface area (Å²) in [4.78, 5) is 0. The van der Waals surface area contributed by atoms with E-state index in [1.165, 1.54) is 51.4 Å². The molecule has 0 aromatic rings. The minimum Gasteiger partial charge on any atom is -0.396 e. The summed E-state index contributed by atoms with van der Waals surface area (Å²) in [6.07, 6.45) is 14.8. The van der Waals surface area contributed by atoms with Crippen molar-refractivity contribution in [1.29, 1.82) is 0 Å². The van der Waals surface area contributed by atoms with Crippen LogP contribution in [0.5, 0.6) is 0 Å². The van der Waals surface area contributed by atoms with Crippen molar-refractivity contribution < 1.29 is 14.9 Å². The third-order valence-electron chi connectivity index (χ3n) is 5.22. The lowest BCUT2D eigenvalue weighted by atomic mass is 10.1. The average molecular weight is 421 g/mol. The molecule has 2 aliphatic heterocycles. The van der Waals surface area contributed by atoms with Gasteiger partial charge in [0.15, 0.2) is 0 Å². The summed E-state index contributed by atoms with van der Waals surface area (Å²) in [6, 6.07) is 0. The molecule has 2 N–H and O–H groups in total. The van der Waals surface area contributed by atoms with Crippen LogP contribution in [0.2, 0.25) is 0 Å². The van der Waals surface area contributed by atoms with Crippen molar-refractivity contribution in [3.63, 3.8) is 0 Å². The van der Waals surface area contributed by atoms with Crippen molar-refractivity contribution in [3.05, 3.63) is 0 Å². The van der Waals surface area contributed by atoms with Gasteiger partial charge >= 0.3 is 0 Å². The Kier molecular flexibility index (Phi) is 16.5. The average Bonchev–Trinajstić information content (AvgIpc) is 3.59. The lowest BCUT2D eigenvalue weighted by Gasteiger charge is -2.02. The summed E-state index contributed by atoms with van der Waals surface area (Å²) in [7, 11) is 0. The van der Waals surface area contributed by atoms with Gasteiger partial charge in [-0.3, -0.25) is 0 Å². The van der Waals surface area contributed by atoms with Crippen LogP contribution in [-0.4, -0.2) is 57.6 Å². The fourth-order valence-corrected chi connectivity index (χ4v) is 5.59. The Bertz CT molecular complexity index is 301. The number of ether oxygens (including phenoxy) is 1. The highest BCUT2D eigenvalue weighted by Gasteiger charge is 2.37. The predicted octanol–water partition coefficient (Wildman–Crippen LogP) is 5.66. The molecule has 0 bridgehead atoms.